The van der Waals surface area contributed by atoms with Gasteiger partial charge in [-0.2, -0.15) is 0 Å². The lowest BCUT2D eigenvalue weighted by molar-refractivity contribution is -0.314. The predicted octanol–water partition coefficient (Wildman–Crippen LogP) is -1.15. The Bertz CT molecular complexity index is 830. The largest absolute Gasteiger partial charge is 0.390 e. The van der Waals surface area contributed by atoms with Crippen LogP contribution >= 0.6 is 0 Å². The molecule has 188 valence electrons. The van der Waals surface area contributed by atoms with Crippen molar-refractivity contribution in [1.82, 2.24) is 4.90 Å². The molecule has 9 heteroatoms. The van der Waals surface area contributed by atoms with Gasteiger partial charge in [-0.25, -0.2) is 0 Å². The van der Waals surface area contributed by atoms with E-state index in [9.17, 15) is 20.4 Å². The zero-order chi connectivity index (χ0) is 23.7. The van der Waals surface area contributed by atoms with E-state index in [2.05, 4.69) is 11.9 Å². The Morgan fingerprint density at radius 3 is 2.30 bits per heavy atom. The molecule has 5 aliphatic carbocycles. The summed E-state index contributed by atoms with van der Waals surface area (Å²) < 4.78 is 23.9. The highest BCUT2D eigenvalue weighted by atomic mass is 16.5. The molecule has 1 saturated heterocycles. The van der Waals surface area contributed by atoms with Crippen LogP contribution in [0.5, 0.6) is 0 Å². The van der Waals surface area contributed by atoms with E-state index in [1.165, 1.54) is 7.11 Å². The van der Waals surface area contributed by atoms with Crippen molar-refractivity contribution in [3.8, 4) is 0 Å². The minimum absolute atomic E-state index is 0.00206. The summed E-state index contributed by atoms with van der Waals surface area (Å²) in [6.07, 6.45) is -2.14. The number of aliphatic hydroxyl groups is 4. The van der Waals surface area contributed by atoms with Gasteiger partial charge in [-0.1, -0.05) is 0 Å². The van der Waals surface area contributed by atoms with Gasteiger partial charge in [-0.3, -0.25) is 0 Å². The molecular weight excluding hydrogens is 430 g/mol. The predicted molar refractivity (Wildman–Crippen MR) is 115 cm³/mol. The topological polar surface area (TPSA) is 121 Å². The normalized spacial score (nSPS) is 63.2. The molecule has 1 spiro atoms. The third-order valence-corrected chi connectivity index (χ3v) is 11.3. The monoisotopic (exact) mass is 469 g/mol. The lowest BCUT2D eigenvalue weighted by Gasteiger charge is -2.69. The molecule has 2 unspecified atom stereocenters. The van der Waals surface area contributed by atoms with Crippen molar-refractivity contribution in [3.05, 3.63) is 0 Å². The molecule has 1 heterocycles. The summed E-state index contributed by atoms with van der Waals surface area (Å²) in [5, 5.41) is 47.3. The maximum atomic E-state index is 12.5. The average molecular weight is 470 g/mol. The van der Waals surface area contributed by atoms with Gasteiger partial charge in [0.05, 0.1) is 24.9 Å². The van der Waals surface area contributed by atoms with E-state index in [-0.39, 0.29) is 41.9 Å². The Labute approximate surface area is 194 Å². The first-order valence-electron chi connectivity index (χ1n) is 12.2. The number of ether oxygens (including phenoxy) is 4. The molecular formula is C24H39NO8. The lowest BCUT2D eigenvalue weighted by atomic mass is 9.43. The molecule has 6 fully saturated rings. The molecule has 5 saturated carbocycles. The van der Waals surface area contributed by atoms with Crippen LogP contribution in [0, 0.1) is 34.5 Å². The molecule has 0 radical (unpaired) electrons. The summed E-state index contributed by atoms with van der Waals surface area (Å²) in [6, 6.07) is -0.131. The number of rotatable bonds is 5. The second-order valence-electron chi connectivity index (χ2n) is 11.9. The summed E-state index contributed by atoms with van der Waals surface area (Å²) >= 11 is 0. The van der Waals surface area contributed by atoms with Crippen LogP contribution in [0.15, 0.2) is 0 Å². The first-order valence-corrected chi connectivity index (χ1v) is 12.2. The van der Waals surface area contributed by atoms with E-state index in [0.717, 1.165) is 19.4 Å². The van der Waals surface area contributed by atoms with Crippen molar-refractivity contribution < 1.29 is 39.4 Å². The zero-order valence-corrected chi connectivity index (χ0v) is 20.2. The van der Waals surface area contributed by atoms with Crippen molar-refractivity contribution in [2.75, 3.05) is 48.6 Å². The third kappa shape index (κ3) is 2.15. The van der Waals surface area contributed by atoms with E-state index in [1.807, 2.05) is 0 Å². The summed E-state index contributed by atoms with van der Waals surface area (Å²) in [5.74, 6) is -1.44. The van der Waals surface area contributed by atoms with Crippen LogP contribution in [0.3, 0.4) is 0 Å². The van der Waals surface area contributed by atoms with Crippen molar-refractivity contribution in [2.24, 2.45) is 34.5 Å². The molecule has 0 amide bonds. The lowest BCUT2D eigenvalue weighted by Crippen LogP contribution is -2.79. The number of fused-ring (bicyclic) bond motifs is 2. The number of aliphatic hydroxyl groups excluding tert-OH is 2. The van der Waals surface area contributed by atoms with Crippen LogP contribution in [0.1, 0.15) is 19.3 Å². The molecule has 1 aliphatic heterocycles. The standard InChI is InChI=1S/C24H39NO8/c1-25-9-21(10-30-2)7-6-12(31-3)23-11-8-22(28)18(26)13(11)24(29,19(27)20(22)33-5)14(17(23)25)15(32-4)16(21)23/h11-20,26-29H,6-10H2,1-5H3/t11-,12?,13-,14+,15+,16-,17?,18-,19+,20+,21+,22-,23+,24-/m1/s1. The van der Waals surface area contributed by atoms with E-state index < -0.39 is 46.8 Å². The van der Waals surface area contributed by atoms with E-state index >= 15 is 0 Å². The van der Waals surface area contributed by atoms with Gasteiger partial charge in [0.25, 0.3) is 0 Å². The molecule has 0 aromatic rings. The van der Waals surface area contributed by atoms with Crippen LogP contribution < -0.4 is 0 Å². The first-order chi connectivity index (χ1) is 15.6. The smallest absolute Gasteiger partial charge is 0.120 e. The number of piperidine rings is 1. The SMILES string of the molecule is COC[C@@]12CCC(OC)[C@]34C([C@H]([C@H](OC)[C@H]13)[C@]1(O)[C@H]3[C@@H](O)[C@](O)(C[C@H]34)[C@@H](OC)[C@@H]1O)N(C)C2. The van der Waals surface area contributed by atoms with Gasteiger partial charge in [0, 0.05) is 69.6 Å². The van der Waals surface area contributed by atoms with Crippen LogP contribution in [-0.4, -0.2) is 122 Å². The highest BCUT2D eigenvalue weighted by Gasteiger charge is 2.89. The Morgan fingerprint density at radius 2 is 1.70 bits per heavy atom. The van der Waals surface area contributed by atoms with Gasteiger partial charge in [0.1, 0.15) is 23.4 Å². The van der Waals surface area contributed by atoms with Crippen molar-refractivity contribution in [1.29, 1.82) is 0 Å². The fraction of sp³-hybridized carbons (Fsp3) is 1.00. The number of hydrogen-bond acceptors (Lipinski definition) is 9. The maximum absolute atomic E-state index is 12.5. The number of hydrogen-bond donors (Lipinski definition) is 4. The fourth-order valence-corrected chi connectivity index (χ4v) is 10.9. The minimum atomic E-state index is -1.67. The van der Waals surface area contributed by atoms with Crippen LogP contribution in [0.4, 0.5) is 0 Å². The fourth-order valence-electron chi connectivity index (χ4n) is 10.9. The van der Waals surface area contributed by atoms with Gasteiger partial charge < -0.3 is 44.3 Å². The summed E-state index contributed by atoms with van der Waals surface area (Å²) in [4.78, 5) is 2.31. The number of methoxy groups -OCH3 is 4. The Hall–Kier alpha value is -0.360. The quantitative estimate of drug-likeness (QED) is 0.396. The van der Waals surface area contributed by atoms with E-state index in [1.54, 1.807) is 21.3 Å². The second-order valence-corrected chi connectivity index (χ2v) is 11.9. The minimum Gasteiger partial charge on any atom is -0.390 e. The highest BCUT2D eigenvalue weighted by Crippen LogP contribution is 2.79. The molecule has 14 atom stereocenters. The number of likely N-dealkylation sites (tertiary alicyclic amines) is 1. The summed E-state index contributed by atoms with van der Waals surface area (Å²) in [7, 11) is 8.66. The molecule has 6 aliphatic rings. The van der Waals surface area contributed by atoms with Gasteiger partial charge in [-0.05, 0) is 32.2 Å². The second kappa shape index (κ2) is 6.89. The molecule has 0 aromatic carbocycles. The molecule has 6 rings (SSSR count). The van der Waals surface area contributed by atoms with Crippen molar-refractivity contribution in [2.45, 2.75) is 67.0 Å². The molecule has 4 N–H and O–H groups in total. The van der Waals surface area contributed by atoms with Crippen LogP contribution in [0.25, 0.3) is 0 Å². The Morgan fingerprint density at radius 1 is 0.970 bits per heavy atom. The molecule has 33 heavy (non-hydrogen) atoms. The molecule has 7 bridgehead atoms. The third-order valence-electron chi connectivity index (χ3n) is 11.3. The Balaban J connectivity index is 1.66. The van der Waals surface area contributed by atoms with Crippen LogP contribution in [0.2, 0.25) is 0 Å². The average Bonchev–Trinajstić information content (AvgIpc) is 3.16. The molecule has 9 nitrogen and oxygen atoms in total. The van der Waals surface area contributed by atoms with Gasteiger partial charge in [0.2, 0.25) is 0 Å². The Kier molecular flexibility index (Phi) is 4.82. The highest BCUT2D eigenvalue weighted by molar-refractivity contribution is 5.39. The molecule has 0 aromatic heterocycles. The zero-order valence-electron chi connectivity index (χ0n) is 20.2. The summed E-state index contributed by atoms with van der Waals surface area (Å²) in [5.41, 5.74) is -3.98. The maximum Gasteiger partial charge on any atom is 0.120 e. The van der Waals surface area contributed by atoms with Crippen molar-refractivity contribution >= 4 is 0 Å². The van der Waals surface area contributed by atoms with Crippen LogP contribution in [-0.2, 0) is 18.9 Å². The first kappa shape index (κ1) is 23.1. The van der Waals surface area contributed by atoms with E-state index in [0.29, 0.717) is 6.61 Å². The summed E-state index contributed by atoms with van der Waals surface area (Å²) in [6.45, 7) is 1.36. The number of nitrogens with zero attached hydrogens (tertiary/aromatic N) is 1. The van der Waals surface area contributed by atoms with Crippen molar-refractivity contribution in [3.63, 3.8) is 0 Å². The van der Waals surface area contributed by atoms with Gasteiger partial charge >= 0.3 is 0 Å². The van der Waals surface area contributed by atoms with E-state index in [4.69, 9.17) is 18.9 Å². The van der Waals surface area contributed by atoms with Gasteiger partial charge in [-0.15, -0.1) is 0 Å². The van der Waals surface area contributed by atoms with Gasteiger partial charge in [0.15, 0.2) is 0 Å².